The van der Waals surface area contributed by atoms with Crippen molar-refractivity contribution in [2.45, 2.75) is 20.1 Å². The number of halogens is 2. The summed E-state index contributed by atoms with van der Waals surface area (Å²) in [6.45, 7) is 2.49. The van der Waals surface area contributed by atoms with Crippen molar-refractivity contribution in [1.29, 1.82) is 0 Å². The summed E-state index contributed by atoms with van der Waals surface area (Å²) in [7, 11) is 1.52. The van der Waals surface area contributed by atoms with E-state index in [2.05, 4.69) is 15.8 Å². The standard InChI is InChI=1S/C25H23Cl2N3O4/c1-16-3-5-17(6-4-16)13-28-24(31)25(32)30-29-14-18-8-10-22(23(12-18)33-2)34-15-19-7-9-20(26)21(27)11-19/h3-12,14H,13,15H2,1-2H3,(H,28,31)(H,30,32)/b29-14-. The molecule has 0 spiro atoms. The van der Waals surface area contributed by atoms with Gasteiger partial charge in [-0.2, -0.15) is 5.10 Å². The fourth-order valence-electron chi connectivity index (χ4n) is 2.86. The van der Waals surface area contributed by atoms with Crippen molar-refractivity contribution in [3.63, 3.8) is 0 Å². The normalized spacial score (nSPS) is 10.7. The number of nitrogens with zero attached hydrogens (tertiary/aromatic N) is 1. The van der Waals surface area contributed by atoms with Gasteiger partial charge >= 0.3 is 11.8 Å². The van der Waals surface area contributed by atoms with Crippen molar-refractivity contribution >= 4 is 41.2 Å². The van der Waals surface area contributed by atoms with Gasteiger partial charge < -0.3 is 14.8 Å². The molecule has 176 valence electrons. The zero-order valence-electron chi connectivity index (χ0n) is 18.6. The van der Waals surface area contributed by atoms with Crippen molar-refractivity contribution in [3.8, 4) is 11.5 Å². The van der Waals surface area contributed by atoms with E-state index in [9.17, 15) is 9.59 Å². The van der Waals surface area contributed by atoms with Gasteiger partial charge in [-0.05, 0) is 53.9 Å². The summed E-state index contributed by atoms with van der Waals surface area (Å²) in [4.78, 5) is 23.9. The van der Waals surface area contributed by atoms with Gasteiger partial charge in [0.05, 0.1) is 23.4 Å². The number of amides is 2. The van der Waals surface area contributed by atoms with E-state index in [4.69, 9.17) is 32.7 Å². The summed E-state index contributed by atoms with van der Waals surface area (Å²) in [5.41, 5.74) is 5.71. The van der Waals surface area contributed by atoms with E-state index in [-0.39, 0.29) is 13.2 Å². The highest BCUT2D eigenvalue weighted by molar-refractivity contribution is 6.42. The predicted octanol–water partition coefficient (Wildman–Crippen LogP) is 4.66. The lowest BCUT2D eigenvalue weighted by Crippen LogP contribution is -2.37. The monoisotopic (exact) mass is 499 g/mol. The molecule has 3 aromatic rings. The van der Waals surface area contributed by atoms with Gasteiger partial charge in [0, 0.05) is 6.54 Å². The highest BCUT2D eigenvalue weighted by atomic mass is 35.5. The van der Waals surface area contributed by atoms with Crippen molar-refractivity contribution in [1.82, 2.24) is 10.7 Å². The van der Waals surface area contributed by atoms with E-state index in [0.29, 0.717) is 27.1 Å². The molecule has 0 bridgehead atoms. The van der Waals surface area contributed by atoms with Gasteiger partial charge in [0.25, 0.3) is 0 Å². The second-order valence-electron chi connectivity index (χ2n) is 7.31. The van der Waals surface area contributed by atoms with Crippen LogP contribution in [0.5, 0.6) is 11.5 Å². The lowest BCUT2D eigenvalue weighted by molar-refractivity contribution is -0.139. The molecule has 7 nitrogen and oxygen atoms in total. The third-order valence-corrected chi connectivity index (χ3v) is 5.46. The fraction of sp³-hybridized carbons (Fsp3) is 0.160. The Morgan fingerprint density at radius 2 is 1.65 bits per heavy atom. The topological polar surface area (TPSA) is 89.0 Å². The molecule has 3 aromatic carbocycles. The Labute approximate surface area is 207 Å². The summed E-state index contributed by atoms with van der Waals surface area (Å²) in [5.74, 6) is -0.644. The van der Waals surface area contributed by atoms with Crippen LogP contribution < -0.4 is 20.2 Å². The smallest absolute Gasteiger partial charge is 0.329 e. The number of hydrogen-bond donors (Lipinski definition) is 2. The summed E-state index contributed by atoms with van der Waals surface area (Å²) in [5, 5.41) is 7.31. The van der Waals surface area contributed by atoms with E-state index in [1.165, 1.54) is 13.3 Å². The molecule has 0 radical (unpaired) electrons. The molecule has 0 saturated heterocycles. The van der Waals surface area contributed by atoms with Gasteiger partial charge in [0.2, 0.25) is 0 Å². The van der Waals surface area contributed by atoms with Crippen LogP contribution in [0.25, 0.3) is 0 Å². The first-order valence-corrected chi connectivity index (χ1v) is 11.0. The number of methoxy groups -OCH3 is 1. The van der Waals surface area contributed by atoms with E-state index in [1.54, 1.807) is 30.3 Å². The second kappa shape index (κ2) is 12.1. The number of hydrazone groups is 1. The first-order chi connectivity index (χ1) is 16.4. The highest BCUT2D eigenvalue weighted by Gasteiger charge is 2.12. The minimum absolute atomic E-state index is 0.247. The minimum atomic E-state index is -0.864. The largest absolute Gasteiger partial charge is 0.493 e. The molecule has 2 N–H and O–H groups in total. The molecule has 0 aromatic heterocycles. The molecule has 0 atom stereocenters. The quantitative estimate of drug-likeness (QED) is 0.268. The van der Waals surface area contributed by atoms with Gasteiger partial charge in [-0.15, -0.1) is 0 Å². The number of rotatable bonds is 8. The third kappa shape index (κ3) is 7.23. The van der Waals surface area contributed by atoms with Crippen LogP contribution in [-0.2, 0) is 22.7 Å². The maximum absolute atomic E-state index is 12.0. The molecule has 0 fully saturated rings. The Balaban J connectivity index is 1.52. The van der Waals surface area contributed by atoms with Crippen LogP contribution >= 0.6 is 23.2 Å². The summed E-state index contributed by atoms with van der Waals surface area (Å²) >= 11 is 12.0. The predicted molar refractivity (Wildman–Crippen MR) is 133 cm³/mol. The van der Waals surface area contributed by atoms with E-state index in [1.807, 2.05) is 37.3 Å². The first kappa shape index (κ1) is 25.1. The number of carbonyl (C=O) groups is 2. The van der Waals surface area contributed by atoms with Crippen LogP contribution in [0.15, 0.2) is 65.8 Å². The number of nitrogens with one attached hydrogen (secondary N) is 2. The lowest BCUT2D eigenvalue weighted by Gasteiger charge is -2.11. The van der Waals surface area contributed by atoms with Gasteiger partial charge in [-0.3, -0.25) is 9.59 Å². The number of ether oxygens (including phenoxy) is 2. The number of aryl methyl sites for hydroxylation is 1. The Bertz CT molecular complexity index is 1200. The molecule has 0 unspecified atom stereocenters. The van der Waals surface area contributed by atoms with Crippen LogP contribution in [-0.4, -0.2) is 25.1 Å². The van der Waals surface area contributed by atoms with Crippen molar-refractivity contribution in [3.05, 3.63) is 93.0 Å². The summed E-state index contributed by atoms with van der Waals surface area (Å²) in [6.07, 6.45) is 1.40. The number of hydrogen-bond acceptors (Lipinski definition) is 5. The Morgan fingerprint density at radius 1 is 0.912 bits per heavy atom. The zero-order valence-corrected chi connectivity index (χ0v) is 20.1. The van der Waals surface area contributed by atoms with Crippen molar-refractivity contribution in [2.24, 2.45) is 5.10 Å². The lowest BCUT2D eigenvalue weighted by atomic mass is 10.1. The van der Waals surface area contributed by atoms with E-state index < -0.39 is 11.8 Å². The number of carbonyl (C=O) groups excluding carboxylic acids is 2. The molecule has 0 aliphatic rings. The molecular weight excluding hydrogens is 477 g/mol. The van der Waals surface area contributed by atoms with Crippen LogP contribution in [0.3, 0.4) is 0 Å². The third-order valence-electron chi connectivity index (χ3n) is 4.73. The molecule has 0 aliphatic heterocycles. The van der Waals surface area contributed by atoms with Gasteiger partial charge in [0.1, 0.15) is 6.61 Å². The molecule has 0 heterocycles. The Hall–Kier alpha value is -3.55. The summed E-state index contributed by atoms with van der Waals surface area (Å²) in [6, 6.07) is 18.0. The second-order valence-corrected chi connectivity index (χ2v) is 8.13. The summed E-state index contributed by atoms with van der Waals surface area (Å²) < 4.78 is 11.2. The van der Waals surface area contributed by atoms with Crippen molar-refractivity contribution < 1.29 is 19.1 Å². The highest BCUT2D eigenvalue weighted by Crippen LogP contribution is 2.29. The number of benzene rings is 3. The Kier molecular flexibility index (Phi) is 8.90. The molecule has 0 saturated carbocycles. The average molecular weight is 500 g/mol. The van der Waals surface area contributed by atoms with Crippen LogP contribution in [0.1, 0.15) is 22.3 Å². The van der Waals surface area contributed by atoms with Crippen LogP contribution in [0.2, 0.25) is 10.0 Å². The van der Waals surface area contributed by atoms with Gasteiger partial charge in [-0.25, -0.2) is 5.43 Å². The average Bonchev–Trinajstić information content (AvgIpc) is 2.84. The molecular formula is C25H23Cl2N3O4. The first-order valence-electron chi connectivity index (χ1n) is 10.3. The van der Waals surface area contributed by atoms with Crippen molar-refractivity contribution in [2.75, 3.05) is 7.11 Å². The van der Waals surface area contributed by atoms with E-state index in [0.717, 1.165) is 16.7 Å². The van der Waals surface area contributed by atoms with Gasteiger partial charge in [0.15, 0.2) is 11.5 Å². The minimum Gasteiger partial charge on any atom is -0.493 e. The van der Waals surface area contributed by atoms with Gasteiger partial charge in [-0.1, -0.05) is 59.1 Å². The van der Waals surface area contributed by atoms with Crippen LogP contribution in [0, 0.1) is 6.92 Å². The zero-order chi connectivity index (χ0) is 24.5. The maximum Gasteiger partial charge on any atom is 0.329 e. The molecule has 9 heteroatoms. The Morgan fingerprint density at radius 3 is 2.35 bits per heavy atom. The van der Waals surface area contributed by atoms with E-state index >= 15 is 0 Å². The SMILES string of the molecule is COc1cc(/C=N\NC(=O)C(=O)NCc2ccc(C)cc2)ccc1OCc1ccc(Cl)c(Cl)c1. The molecule has 3 rings (SSSR count). The fourth-order valence-corrected chi connectivity index (χ4v) is 3.18. The maximum atomic E-state index is 12.0. The molecule has 0 aliphatic carbocycles. The van der Waals surface area contributed by atoms with Crippen LogP contribution in [0.4, 0.5) is 0 Å². The molecule has 2 amide bonds. The molecule has 34 heavy (non-hydrogen) atoms.